The summed E-state index contributed by atoms with van der Waals surface area (Å²) in [7, 11) is 0. The van der Waals surface area contributed by atoms with E-state index in [1.807, 2.05) is 12.1 Å². The number of rotatable bonds is 5. The molecule has 3 rings (SSSR count). The third-order valence-electron chi connectivity index (χ3n) is 3.73. The quantitative estimate of drug-likeness (QED) is 0.379. The Morgan fingerprint density at radius 3 is 2.56 bits per heavy atom. The van der Waals surface area contributed by atoms with Gasteiger partial charge in [0.25, 0.3) is 11.6 Å². The molecule has 0 unspecified atom stereocenters. The van der Waals surface area contributed by atoms with Gasteiger partial charge in [0.2, 0.25) is 0 Å². The van der Waals surface area contributed by atoms with Crippen LogP contribution in [0.1, 0.15) is 16.6 Å². The lowest BCUT2D eigenvalue weighted by molar-refractivity contribution is -0.383. The van der Waals surface area contributed by atoms with Crippen LogP contribution in [0.15, 0.2) is 48.5 Å². The average Bonchev–Trinajstić information content (AvgIpc) is 2.99. The first kappa shape index (κ1) is 18.8. The molecule has 0 bridgehead atoms. The maximum absolute atomic E-state index is 12.4. The first-order chi connectivity index (χ1) is 12.9. The van der Waals surface area contributed by atoms with Gasteiger partial charge in [-0.05, 0) is 19.1 Å². The number of hydrogen-bond acceptors (Lipinski definition) is 6. The van der Waals surface area contributed by atoms with Crippen LogP contribution in [0.25, 0.3) is 10.1 Å². The molecule has 1 N–H and O–H groups in total. The molecule has 0 saturated heterocycles. The van der Waals surface area contributed by atoms with E-state index in [1.54, 1.807) is 18.2 Å². The first-order valence-corrected chi connectivity index (χ1v) is 9.00. The fourth-order valence-electron chi connectivity index (χ4n) is 2.39. The number of benzene rings is 2. The lowest BCUT2D eigenvalue weighted by atomic mass is 10.2. The molecule has 0 spiro atoms. The van der Waals surface area contributed by atoms with Gasteiger partial charge in [-0.15, -0.1) is 11.3 Å². The normalized spacial score (nSPS) is 11.8. The summed E-state index contributed by atoms with van der Waals surface area (Å²) in [6.07, 6.45) is -1.17. The number of esters is 1. The number of para-hydroxylation sites is 2. The average molecular weight is 405 g/mol. The SMILES string of the molecule is C[C@H](OC(=O)c1sc2ccccc2c1Cl)C(=O)Nc1ccccc1[N+](=O)[O-]. The van der Waals surface area contributed by atoms with Crippen molar-refractivity contribution in [3.05, 3.63) is 68.5 Å². The van der Waals surface area contributed by atoms with Crippen molar-refractivity contribution in [2.24, 2.45) is 0 Å². The minimum absolute atomic E-state index is 0.0234. The molecular weight excluding hydrogens is 392 g/mol. The third kappa shape index (κ3) is 3.91. The molecule has 1 atom stereocenters. The van der Waals surface area contributed by atoms with E-state index >= 15 is 0 Å². The number of carbonyl (C=O) groups excluding carboxylic acids is 2. The summed E-state index contributed by atoms with van der Waals surface area (Å²) in [5.41, 5.74) is -0.229. The Morgan fingerprint density at radius 2 is 1.85 bits per heavy atom. The first-order valence-electron chi connectivity index (χ1n) is 7.80. The number of anilines is 1. The molecule has 0 radical (unpaired) electrons. The van der Waals surface area contributed by atoms with Crippen LogP contribution in [0.3, 0.4) is 0 Å². The molecule has 2 aromatic carbocycles. The largest absolute Gasteiger partial charge is 0.448 e. The van der Waals surface area contributed by atoms with E-state index in [0.29, 0.717) is 0 Å². The van der Waals surface area contributed by atoms with Crippen molar-refractivity contribution in [3.63, 3.8) is 0 Å². The van der Waals surface area contributed by atoms with Gasteiger partial charge in [0.05, 0.1) is 9.95 Å². The molecule has 0 aliphatic heterocycles. The van der Waals surface area contributed by atoms with Crippen LogP contribution in [0.2, 0.25) is 5.02 Å². The predicted octanol–water partition coefficient (Wildman–Crippen LogP) is 4.65. The fraction of sp³-hybridized carbons (Fsp3) is 0.111. The summed E-state index contributed by atoms with van der Waals surface area (Å²) in [6.45, 7) is 1.38. The molecule has 9 heteroatoms. The molecule has 27 heavy (non-hydrogen) atoms. The fourth-order valence-corrected chi connectivity index (χ4v) is 3.78. The van der Waals surface area contributed by atoms with E-state index in [1.165, 1.54) is 36.5 Å². The Kier molecular flexibility index (Phi) is 5.38. The molecule has 3 aromatic rings. The topological polar surface area (TPSA) is 98.5 Å². The second kappa shape index (κ2) is 7.73. The van der Waals surface area contributed by atoms with Gasteiger partial charge in [0.15, 0.2) is 6.10 Å². The van der Waals surface area contributed by atoms with E-state index in [0.717, 1.165) is 10.1 Å². The molecule has 7 nitrogen and oxygen atoms in total. The molecule has 1 heterocycles. The van der Waals surface area contributed by atoms with Crippen LogP contribution >= 0.6 is 22.9 Å². The number of thiophene rings is 1. The van der Waals surface area contributed by atoms with Crippen LogP contribution in [0.5, 0.6) is 0 Å². The predicted molar refractivity (Wildman–Crippen MR) is 103 cm³/mol. The van der Waals surface area contributed by atoms with Crippen LogP contribution in [-0.4, -0.2) is 22.9 Å². The van der Waals surface area contributed by atoms with Crippen LogP contribution in [0, 0.1) is 10.1 Å². The summed E-state index contributed by atoms with van der Waals surface area (Å²) < 4.78 is 6.01. The standard InChI is InChI=1S/C18H13ClN2O5S/c1-10(17(22)20-12-7-3-4-8-13(12)21(24)25)26-18(23)16-15(19)11-6-2-5-9-14(11)27-16/h2-10H,1H3,(H,20,22)/t10-/m0/s1. The van der Waals surface area contributed by atoms with Gasteiger partial charge in [0.1, 0.15) is 10.6 Å². The second-order valence-corrected chi connectivity index (χ2v) is 6.98. The Balaban J connectivity index is 1.73. The minimum Gasteiger partial charge on any atom is -0.448 e. The molecule has 138 valence electrons. The monoisotopic (exact) mass is 404 g/mol. The number of hydrogen-bond donors (Lipinski definition) is 1. The number of fused-ring (bicyclic) bond motifs is 1. The van der Waals surface area contributed by atoms with Gasteiger partial charge in [-0.25, -0.2) is 4.79 Å². The highest BCUT2D eigenvalue weighted by Crippen LogP contribution is 2.35. The van der Waals surface area contributed by atoms with Crippen molar-refractivity contribution in [3.8, 4) is 0 Å². The van der Waals surface area contributed by atoms with Crippen LogP contribution in [-0.2, 0) is 9.53 Å². The van der Waals surface area contributed by atoms with Gasteiger partial charge in [-0.3, -0.25) is 14.9 Å². The summed E-state index contributed by atoms with van der Waals surface area (Å²) >= 11 is 7.40. The zero-order valence-corrected chi connectivity index (χ0v) is 15.5. The molecule has 0 saturated carbocycles. The molecule has 0 fully saturated rings. The van der Waals surface area contributed by atoms with E-state index in [9.17, 15) is 19.7 Å². The highest BCUT2D eigenvalue weighted by atomic mass is 35.5. The molecule has 0 aliphatic rings. The zero-order chi connectivity index (χ0) is 19.6. The molecule has 1 amide bonds. The lowest BCUT2D eigenvalue weighted by Gasteiger charge is -2.13. The summed E-state index contributed by atoms with van der Waals surface area (Å²) in [6, 6.07) is 12.9. The van der Waals surface area contributed by atoms with Crippen molar-refractivity contribution < 1.29 is 19.2 Å². The summed E-state index contributed by atoms with van der Waals surface area (Å²) in [4.78, 5) is 35.3. The van der Waals surface area contributed by atoms with Crippen molar-refractivity contribution in [1.29, 1.82) is 0 Å². The van der Waals surface area contributed by atoms with E-state index < -0.39 is 22.9 Å². The smallest absolute Gasteiger partial charge is 0.350 e. The number of nitro benzene ring substituents is 1. The van der Waals surface area contributed by atoms with Gasteiger partial charge >= 0.3 is 5.97 Å². The highest BCUT2D eigenvalue weighted by molar-refractivity contribution is 7.21. The molecule has 1 aromatic heterocycles. The Morgan fingerprint density at radius 1 is 1.19 bits per heavy atom. The van der Waals surface area contributed by atoms with Crippen LogP contribution in [0.4, 0.5) is 11.4 Å². The summed E-state index contributed by atoms with van der Waals surface area (Å²) in [5.74, 6) is -1.42. The molecule has 0 aliphatic carbocycles. The number of nitrogens with one attached hydrogen (secondary N) is 1. The Bertz CT molecular complexity index is 1050. The minimum atomic E-state index is -1.17. The van der Waals surface area contributed by atoms with Crippen LogP contribution < -0.4 is 5.32 Å². The third-order valence-corrected chi connectivity index (χ3v) is 5.39. The number of ether oxygens (including phenoxy) is 1. The maximum atomic E-state index is 12.4. The Hall–Kier alpha value is -2.97. The molecular formula is C18H13ClN2O5S. The van der Waals surface area contributed by atoms with Crippen molar-refractivity contribution in [2.45, 2.75) is 13.0 Å². The lowest BCUT2D eigenvalue weighted by Crippen LogP contribution is -2.30. The zero-order valence-electron chi connectivity index (χ0n) is 14.0. The van der Waals surface area contributed by atoms with Crippen molar-refractivity contribution >= 4 is 56.3 Å². The number of halogens is 1. The van der Waals surface area contributed by atoms with Gasteiger partial charge in [-0.2, -0.15) is 0 Å². The number of nitrogens with zero attached hydrogens (tertiary/aromatic N) is 1. The van der Waals surface area contributed by atoms with E-state index in [-0.39, 0.29) is 21.3 Å². The highest BCUT2D eigenvalue weighted by Gasteiger charge is 2.25. The number of amides is 1. The van der Waals surface area contributed by atoms with Crippen molar-refractivity contribution in [1.82, 2.24) is 0 Å². The maximum Gasteiger partial charge on any atom is 0.350 e. The van der Waals surface area contributed by atoms with Gasteiger partial charge < -0.3 is 10.1 Å². The van der Waals surface area contributed by atoms with E-state index in [2.05, 4.69) is 5.32 Å². The van der Waals surface area contributed by atoms with E-state index in [4.69, 9.17) is 16.3 Å². The number of carbonyl (C=O) groups is 2. The second-order valence-electron chi connectivity index (χ2n) is 5.55. The van der Waals surface area contributed by atoms with Crippen molar-refractivity contribution in [2.75, 3.05) is 5.32 Å². The Labute approximate surface area is 162 Å². The van der Waals surface area contributed by atoms with Gasteiger partial charge in [0, 0.05) is 16.2 Å². The summed E-state index contributed by atoms with van der Waals surface area (Å²) in [5, 5.41) is 14.4. The van der Waals surface area contributed by atoms with Gasteiger partial charge in [-0.1, -0.05) is 41.9 Å². The number of nitro groups is 1.